The fourth-order valence-corrected chi connectivity index (χ4v) is 1.09. The summed E-state index contributed by atoms with van der Waals surface area (Å²) in [5, 5.41) is 0. The van der Waals surface area contributed by atoms with Gasteiger partial charge < -0.3 is 4.32 Å². The van der Waals surface area contributed by atoms with Crippen LogP contribution in [0, 0.1) is 0 Å². The van der Waals surface area contributed by atoms with Gasteiger partial charge in [0, 0.05) is 0 Å². The summed E-state index contributed by atoms with van der Waals surface area (Å²) < 4.78 is 167. The first-order valence-electron chi connectivity index (χ1n) is 4.04. The molecule has 0 amide bonds. The molecule has 0 rings (SSSR count). The Morgan fingerprint density at radius 1 is 0.450 bits per heavy atom. The van der Waals surface area contributed by atoms with Crippen molar-refractivity contribution in [3.8, 4) is 0 Å². The van der Waals surface area contributed by atoms with Gasteiger partial charge in [-0.3, -0.25) is 0 Å². The molecule has 0 spiro atoms. The molecule has 0 aliphatic carbocycles. The predicted molar refractivity (Wildman–Crippen MR) is 34.9 cm³/mol. The van der Waals surface area contributed by atoms with Crippen molar-refractivity contribution >= 4 is 6.42 Å². The van der Waals surface area contributed by atoms with E-state index in [-0.39, 0.29) is 0 Å². The van der Waals surface area contributed by atoms with Crippen molar-refractivity contribution in [3.05, 3.63) is 0 Å². The zero-order chi connectivity index (χ0) is 17.0. The van der Waals surface area contributed by atoms with E-state index in [0.29, 0.717) is 0 Å². The van der Waals surface area contributed by atoms with Gasteiger partial charge in [-0.15, -0.1) is 0 Å². The maximum atomic E-state index is 12.8. The van der Waals surface area contributed by atoms with Gasteiger partial charge in [-0.2, -0.15) is 26.3 Å². The van der Waals surface area contributed by atoms with Gasteiger partial charge in [0.25, 0.3) is 17.7 Å². The Labute approximate surface area is 99.2 Å². The van der Waals surface area contributed by atoms with Gasteiger partial charge in [0.15, 0.2) is 0 Å². The van der Waals surface area contributed by atoms with E-state index in [1.165, 1.54) is 0 Å². The fourth-order valence-electron chi connectivity index (χ4n) is 1.09. The fraction of sp³-hybridized carbons (Fsp3) is 1.00. The third-order valence-corrected chi connectivity index (χ3v) is 2.21. The third kappa shape index (κ3) is 2.27. The third-order valence-electron chi connectivity index (χ3n) is 2.21. The summed E-state index contributed by atoms with van der Waals surface area (Å²) in [6.07, 6.45) is -32.1. The van der Waals surface area contributed by atoms with E-state index in [0.717, 1.165) is 0 Å². The molecule has 0 aliphatic heterocycles. The molecule has 0 bridgehead atoms. The van der Waals surface area contributed by atoms with E-state index in [2.05, 4.69) is 0 Å². The van der Waals surface area contributed by atoms with Crippen LogP contribution in [0.25, 0.3) is 0 Å². The number of halogens is 14. The van der Waals surface area contributed by atoms with Crippen LogP contribution in [0.2, 0.25) is 0 Å². The molecule has 0 aliphatic rings. The van der Waals surface area contributed by atoms with Crippen molar-refractivity contribution in [1.29, 1.82) is 0 Å². The van der Waals surface area contributed by atoms with Crippen molar-refractivity contribution < 1.29 is 61.4 Å². The highest BCUT2D eigenvalue weighted by molar-refractivity contribution is 6.80. The van der Waals surface area contributed by atoms with Gasteiger partial charge in [-0.1, -0.05) is 0 Å². The van der Waals surface area contributed by atoms with E-state index in [4.69, 9.17) is 0 Å². The number of rotatable bonds is 2. The zero-order valence-corrected chi connectivity index (χ0v) is 8.37. The van der Waals surface area contributed by atoms with Crippen molar-refractivity contribution in [2.45, 2.75) is 30.1 Å². The number of hydrogen-bond donors (Lipinski definition) is 0. The average Bonchev–Trinajstić information content (AvgIpc) is 2.10. The summed E-state index contributed by atoms with van der Waals surface area (Å²) in [5.41, 5.74) is 0. The molecule has 0 fully saturated rings. The zero-order valence-electron chi connectivity index (χ0n) is 8.37. The van der Waals surface area contributed by atoms with Crippen LogP contribution in [-0.2, 0) is 0 Å². The molecule has 0 radical (unpaired) electrons. The Balaban J connectivity index is 6.50. The normalized spacial score (nSPS) is 16.5. The first-order chi connectivity index (χ1) is 8.25. The van der Waals surface area contributed by atoms with Gasteiger partial charge in [0.05, 0.1) is 0 Å². The Hall–Kier alpha value is -0.915. The van der Waals surface area contributed by atoms with E-state index in [1.807, 2.05) is 0 Å². The van der Waals surface area contributed by atoms with Crippen LogP contribution in [-0.4, -0.2) is 36.5 Å². The Kier molecular flexibility index (Phi) is 4.09. The summed E-state index contributed by atoms with van der Waals surface area (Å²) in [4.78, 5) is 0. The van der Waals surface area contributed by atoms with Gasteiger partial charge in [0.2, 0.25) is 0 Å². The molecule has 0 atom stereocenters. The molecule has 0 saturated heterocycles. The van der Waals surface area contributed by atoms with Crippen LogP contribution in [0.3, 0.4) is 0 Å². The van der Waals surface area contributed by atoms with Crippen molar-refractivity contribution in [2.75, 3.05) is 0 Å². The highest BCUT2D eigenvalue weighted by Crippen LogP contribution is 2.59. The SMILES string of the molecule is F[B-](C(F)(F)F)(C(F)(F)C(F)(F)F)C(F)(F)C(F)(F)F. The van der Waals surface area contributed by atoms with Gasteiger partial charge in [-0.25, -0.2) is 30.7 Å². The van der Waals surface area contributed by atoms with Crippen LogP contribution in [0.4, 0.5) is 61.4 Å². The smallest absolute Gasteiger partial charge is 0.429 e. The Bertz CT molecular complexity index is 329. The minimum absolute atomic E-state index is 7.62. The molecule has 15 heteroatoms. The maximum Gasteiger partial charge on any atom is 0.429 e. The molecule has 0 N–H and O–H groups in total. The molecule has 0 aromatic heterocycles. The van der Waals surface area contributed by atoms with Crippen LogP contribution in [0.5, 0.6) is 0 Å². The lowest BCUT2D eigenvalue weighted by Gasteiger charge is -2.46. The van der Waals surface area contributed by atoms with E-state index in [9.17, 15) is 61.4 Å². The van der Waals surface area contributed by atoms with Gasteiger partial charge >= 0.3 is 18.8 Å². The molecule has 0 heterocycles. The van der Waals surface area contributed by atoms with Gasteiger partial charge in [0.1, 0.15) is 0 Å². The highest BCUT2D eigenvalue weighted by atomic mass is 19.4. The summed E-state index contributed by atoms with van der Waals surface area (Å²) in [6.45, 7) is 0. The lowest BCUT2D eigenvalue weighted by Crippen LogP contribution is -2.78. The topological polar surface area (TPSA) is 0 Å². The Morgan fingerprint density at radius 2 is 0.650 bits per heavy atom. The van der Waals surface area contributed by atoms with E-state index in [1.54, 1.807) is 0 Å². The molecule has 122 valence electrons. The second-order valence-electron chi connectivity index (χ2n) is 3.54. The minimum atomic E-state index is -9.06. The van der Waals surface area contributed by atoms with Crippen LogP contribution in [0.1, 0.15) is 0 Å². The van der Waals surface area contributed by atoms with Crippen LogP contribution >= 0.6 is 0 Å². The first kappa shape index (κ1) is 19.1. The molecule has 0 aromatic carbocycles. The second-order valence-corrected chi connectivity index (χ2v) is 3.54. The molecule has 0 aromatic rings. The summed E-state index contributed by atoms with van der Waals surface area (Å²) in [5.74, 6) is -16.0. The first-order valence-corrected chi connectivity index (χ1v) is 4.04. The quantitative estimate of drug-likeness (QED) is 0.515. The van der Waals surface area contributed by atoms with E-state index < -0.39 is 36.5 Å². The van der Waals surface area contributed by atoms with Crippen molar-refractivity contribution in [1.82, 2.24) is 0 Å². The second kappa shape index (κ2) is 4.29. The summed E-state index contributed by atoms with van der Waals surface area (Å²) in [6, 6.07) is 0. The minimum Gasteiger partial charge on any atom is -0.494 e. The Morgan fingerprint density at radius 3 is 0.750 bits per heavy atom. The largest absolute Gasteiger partial charge is 0.494 e. The standard InChI is InChI=1S/C5BF14/c7-1(8,3(11,12)13)6(20,5(17,18)19)2(9,10)4(14,15)16/q-1. The van der Waals surface area contributed by atoms with Gasteiger partial charge in [-0.05, 0) is 0 Å². The summed E-state index contributed by atoms with van der Waals surface area (Å²) >= 11 is 0. The molecular weight excluding hydrogens is 337 g/mol. The molecule has 0 nitrogen and oxygen atoms in total. The number of alkyl halides is 13. The average molecular weight is 337 g/mol. The van der Waals surface area contributed by atoms with Crippen LogP contribution < -0.4 is 0 Å². The van der Waals surface area contributed by atoms with Crippen molar-refractivity contribution in [3.63, 3.8) is 0 Å². The molecular formula is C5BF14-. The lowest BCUT2D eigenvalue weighted by molar-refractivity contribution is -0.294. The summed E-state index contributed by atoms with van der Waals surface area (Å²) in [7, 11) is 0. The monoisotopic (exact) mass is 337 g/mol. The molecule has 0 saturated carbocycles. The molecule has 0 unspecified atom stereocenters. The predicted octanol–water partition coefficient (Wildman–Crippen LogP) is 4.48. The highest BCUT2D eigenvalue weighted by Gasteiger charge is 2.89. The number of hydrogen-bond acceptors (Lipinski definition) is 0. The molecule has 20 heavy (non-hydrogen) atoms. The maximum absolute atomic E-state index is 12.8. The lowest BCUT2D eigenvalue weighted by atomic mass is 9.32. The van der Waals surface area contributed by atoms with Crippen LogP contribution in [0.15, 0.2) is 0 Å². The van der Waals surface area contributed by atoms with E-state index >= 15 is 0 Å². The van der Waals surface area contributed by atoms with Crippen molar-refractivity contribution in [2.24, 2.45) is 0 Å².